The third-order valence-corrected chi connectivity index (χ3v) is 7.10. The maximum absolute atomic E-state index is 13.4. The zero-order chi connectivity index (χ0) is 26.9. The highest BCUT2D eigenvalue weighted by molar-refractivity contribution is 7.92. The van der Waals surface area contributed by atoms with Gasteiger partial charge in [0.25, 0.3) is 0 Å². The fourth-order valence-electron chi connectivity index (χ4n) is 4.00. The van der Waals surface area contributed by atoms with E-state index in [-0.39, 0.29) is 43.6 Å². The van der Waals surface area contributed by atoms with Crippen LogP contribution in [0.3, 0.4) is 0 Å². The monoisotopic (exact) mass is 519 g/mol. The molecule has 0 saturated heterocycles. The van der Waals surface area contributed by atoms with Crippen molar-refractivity contribution in [3.8, 4) is 0 Å². The number of benzene rings is 2. The van der Waals surface area contributed by atoms with Crippen LogP contribution in [0.5, 0.6) is 0 Å². The molecule has 1 atom stereocenters. The van der Waals surface area contributed by atoms with Crippen LogP contribution in [0.2, 0.25) is 0 Å². The number of halogens is 1. The van der Waals surface area contributed by atoms with Gasteiger partial charge in [0.2, 0.25) is 21.8 Å². The zero-order valence-corrected chi connectivity index (χ0v) is 22.7. The van der Waals surface area contributed by atoms with Gasteiger partial charge >= 0.3 is 0 Å². The van der Waals surface area contributed by atoms with Gasteiger partial charge in [0.15, 0.2) is 0 Å². The largest absolute Gasteiger partial charge is 0.354 e. The lowest BCUT2D eigenvalue weighted by Gasteiger charge is -2.29. The molecule has 9 heteroatoms. The minimum absolute atomic E-state index is 0.0601. The van der Waals surface area contributed by atoms with Gasteiger partial charge in [-0.15, -0.1) is 0 Å². The molecule has 0 unspecified atom stereocenters. The minimum Gasteiger partial charge on any atom is -0.354 e. The summed E-state index contributed by atoms with van der Waals surface area (Å²) in [6.07, 6.45) is 3.26. The molecule has 0 aromatic heterocycles. The van der Waals surface area contributed by atoms with Crippen molar-refractivity contribution >= 4 is 27.5 Å². The highest BCUT2D eigenvalue weighted by atomic mass is 32.2. The Balaban J connectivity index is 2.16. The normalized spacial score (nSPS) is 12.2. The van der Waals surface area contributed by atoms with E-state index in [0.29, 0.717) is 17.8 Å². The number of aryl methyl sites for hydroxylation is 2. The zero-order valence-electron chi connectivity index (χ0n) is 21.9. The molecular weight excluding hydrogens is 481 g/mol. The Bertz CT molecular complexity index is 1120. The number of sulfonamides is 1. The Kier molecular flexibility index (Phi) is 10.9. The SMILES string of the molecule is CCCCNC(=O)[C@@H](C)N(Cc1ccc(F)cc1)C(=O)CCCN(c1cc(C)cc(C)c1)S(C)(=O)=O. The average Bonchev–Trinajstić information content (AvgIpc) is 2.79. The number of hydrogen-bond donors (Lipinski definition) is 1. The van der Waals surface area contributed by atoms with Gasteiger partial charge in [-0.3, -0.25) is 13.9 Å². The quantitative estimate of drug-likeness (QED) is 0.399. The summed E-state index contributed by atoms with van der Waals surface area (Å²) in [7, 11) is -3.56. The number of nitrogens with zero attached hydrogens (tertiary/aromatic N) is 2. The van der Waals surface area contributed by atoms with Crippen LogP contribution in [0.15, 0.2) is 42.5 Å². The number of unbranched alkanes of at least 4 members (excludes halogenated alkanes) is 1. The summed E-state index contributed by atoms with van der Waals surface area (Å²) >= 11 is 0. The van der Waals surface area contributed by atoms with E-state index in [2.05, 4.69) is 5.32 Å². The molecule has 0 saturated carbocycles. The molecule has 2 rings (SSSR count). The maximum atomic E-state index is 13.4. The van der Waals surface area contributed by atoms with Crippen LogP contribution >= 0.6 is 0 Å². The molecular formula is C27H38FN3O4S. The number of nitrogens with one attached hydrogen (secondary N) is 1. The lowest BCUT2D eigenvalue weighted by atomic mass is 10.1. The van der Waals surface area contributed by atoms with Crippen LogP contribution in [0.1, 0.15) is 56.2 Å². The topological polar surface area (TPSA) is 86.8 Å². The van der Waals surface area contributed by atoms with Gasteiger partial charge in [-0.1, -0.05) is 31.5 Å². The van der Waals surface area contributed by atoms with Gasteiger partial charge in [0, 0.05) is 26.1 Å². The van der Waals surface area contributed by atoms with Crippen LogP contribution in [0.25, 0.3) is 0 Å². The van der Waals surface area contributed by atoms with Crippen LogP contribution in [0.4, 0.5) is 10.1 Å². The number of anilines is 1. The summed E-state index contributed by atoms with van der Waals surface area (Å²) in [4.78, 5) is 27.5. The molecule has 2 amide bonds. The molecule has 2 aromatic rings. The molecule has 0 bridgehead atoms. The van der Waals surface area contributed by atoms with Gasteiger partial charge in [-0.05, 0) is 74.6 Å². The molecule has 7 nitrogen and oxygen atoms in total. The first-order valence-electron chi connectivity index (χ1n) is 12.3. The van der Waals surface area contributed by atoms with E-state index in [4.69, 9.17) is 0 Å². The molecule has 198 valence electrons. The van der Waals surface area contributed by atoms with E-state index >= 15 is 0 Å². The summed E-state index contributed by atoms with van der Waals surface area (Å²) in [6, 6.07) is 10.7. The van der Waals surface area contributed by atoms with Crippen LogP contribution in [-0.4, -0.2) is 50.5 Å². The Morgan fingerprint density at radius 1 is 1.03 bits per heavy atom. The van der Waals surface area contributed by atoms with Crippen molar-refractivity contribution in [3.63, 3.8) is 0 Å². The second-order valence-electron chi connectivity index (χ2n) is 9.25. The van der Waals surface area contributed by atoms with E-state index in [0.717, 1.165) is 30.2 Å². The second-order valence-corrected chi connectivity index (χ2v) is 11.2. The first-order valence-corrected chi connectivity index (χ1v) is 14.1. The van der Waals surface area contributed by atoms with Crippen molar-refractivity contribution in [1.29, 1.82) is 0 Å². The van der Waals surface area contributed by atoms with Crippen LogP contribution < -0.4 is 9.62 Å². The van der Waals surface area contributed by atoms with Crippen molar-refractivity contribution in [2.24, 2.45) is 0 Å². The van der Waals surface area contributed by atoms with E-state index in [1.54, 1.807) is 31.2 Å². The lowest BCUT2D eigenvalue weighted by Crippen LogP contribution is -2.48. The van der Waals surface area contributed by atoms with Crippen molar-refractivity contribution in [3.05, 3.63) is 65.0 Å². The van der Waals surface area contributed by atoms with Crippen LogP contribution in [0, 0.1) is 19.7 Å². The molecule has 0 fully saturated rings. The summed E-state index contributed by atoms with van der Waals surface area (Å²) in [5.74, 6) is -0.910. The third kappa shape index (κ3) is 8.93. The Morgan fingerprint density at radius 2 is 1.64 bits per heavy atom. The van der Waals surface area contributed by atoms with Crippen molar-refractivity contribution < 1.29 is 22.4 Å². The molecule has 2 aromatic carbocycles. The average molecular weight is 520 g/mol. The van der Waals surface area contributed by atoms with Gasteiger partial charge < -0.3 is 10.2 Å². The van der Waals surface area contributed by atoms with E-state index in [1.165, 1.54) is 21.3 Å². The van der Waals surface area contributed by atoms with Gasteiger partial charge in [0.1, 0.15) is 11.9 Å². The molecule has 0 aliphatic heterocycles. The number of carbonyl (C=O) groups excluding carboxylic acids is 2. The third-order valence-electron chi connectivity index (χ3n) is 5.91. The van der Waals surface area contributed by atoms with Crippen molar-refractivity contribution in [2.75, 3.05) is 23.7 Å². The fourth-order valence-corrected chi connectivity index (χ4v) is 4.95. The fraction of sp³-hybridized carbons (Fsp3) is 0.481. The van der Waals surface area contributed by atoms with E-state index in [1.807, 2.05) is 26.8 Å². The summed E-state index contributed by atoms with van der Waals surface area (Å²) in [6.45, 7) is 8.31. The summed E-state index contributed by atoms with van der Waals surface area (Å²) < 4.78 is 39.7. The van der Waals surface area contributed by atoms with Crippen molar-refractivity contribution in [2.45, 2.75) is 66.0 Å². The Labute approximate surface area is 214 Å². The Morgan fingerprint density at radius 3 is 2.19 bits per heavy atom. The predicted molar refractivity (Wildman–Crippen MR) is 142 cm³/mol. The number of hydrogen-bond acceptors (Lipinski definition) is 4. The Hall–Kier alpha value is -2.94. The molecule has 0 aliphatic carbocycles. The molecule has 0 heterocycles. The van der Waals surface area contributed by atoms with Crippen molar-refractivity contribution in [1.82, 2.24) is 10.2 Å². The number of rotatable bonds is 13. The number of carbonyl (C=O) groups is 2. The molecule has 0 aliphatic rings. The van der Waals surface area contributed by atoms with E-state index in [9.17, 15) is 22.4 Å². The van der Waals surface area contributed by atoms with Crippen LogP contribution in [-0.2, 0) is 26.2 Å². The smallest absolute Gasteiger partial charge is 0.242 e. The summed E-state index contributed by atoms with van der Waals surface area (Å²) in [5.41, 5.74) is 3.16. The molecule has 1 N–H and O–H groups in total. The first-order chi connectivity index (χ1) is 16.9. The molecule has 0 radical (unpaired) electrons. The van der Waals surface area contributed by atoms with E-state index < -0.39 is 16.1 Å². The highest BCUT2D eigenvalue weighted by Crippen LogP contribution is 2.22. The van der Waals surface area contributed by atoms with Gasteiger partial charge in [0.05, 0.1) is 11.9 Å². The lowest BCUT2D eigenvalue weighted by molar-refractivity contribution is -0.140. The summed E-state index contributed by atoms with van der Waals surface area (Å²) in [5, 5.41) is 2.86. The minimum atomic E-state index is -3.56. The maximum Gasteiger partial charge on any atom is 0.242 e. The predicted octanol–water partition coefficient (Wildman–Crippen LogP) is 4.32. The van der Waals surface area contributed by atoms with Gasteiger partial charge in [-0.2, -0.15) is 0 Å². The first kappa shape index (κ1) is 29.3. The van der Waals surface area contributed by atoms with Gasteiger partial charge in [-0.25, -0.2) is 12.8 Å². The second kappa shape index (κ2) is 13.4. The highest BCUT2D eigenvalue weighted by Gasteiger charge is 2.26. The standard InChI is InChI=1S/C27H38FN3O4S/c1-6-7-14-29-27(33)22(4)30(19-23-10-12-24(28)13-11-23)26(32)9-8-15-31(36(5,34)35)25-17-20(2)16-21(3)18-25/h10-13,16-18,22H,6-9,14-15,19H2,1-5H3,(H,29,33)/t22-/m1/s1. The molecule has 0 spiro atoms. The molecule has 36 heavy (non-hydrogen) atoms. The number of amides is 2.